The normalized spacial score (nSPS) is 19.9. The quantitative estimate of drug-likeness (QED) is 0.721. The molecule has 0 saturated heterocycles. The third-order valence-corrected chi connectivity index (χ3v) is 2.97. The zero-order valence-electron chi connectivity index (χ0n) is 8.14. The van der Waals surface area contributed by atoms with Crippen LogP contribution in [0.3, 0.4) is 0 Å². The number of alkyl carbamates (subject to hydrolysis) is 1. The van der Waals surface area contributed by atoms with E-state index in [4.69, 9.17) is 11.6 Å². The molecular weight excluding hydrogens is 206 g/mol. The molecule has 4 nitrogen and oxygen atoms in total. The van der Waals surface area contributed by atoms with Gasteiger partial charge in [-0.15, -0.1) is 0 Å². The molecule has 1 N–H and O–H groups in total. The molecule has 0 aliphatic heterocycles. The highest BCUT2D eigenvalue weighted by Crippen LogP contribution is 2.30. The van der Waals surface area contributed by atoms with Gasteiger partial charge < -0.3 is 10.1 Å². The summed E-state index contributed by atoms with van der Waals surface area (Å²) >= 11 is 5.51. The summed E-state index contributed by atoms with van der Waals surface area (Å²) in [5.74, 6) is 0. The topological polar surface area (TPSA) is 55.4 Å². The van der Waals surface area contributed by atoms with Gasteiger partial charge in [-0.2, -0.15) is 0 Å². The zero-order valence-corrected chi connectivity index (χ0v) is 8.89. The largest absolute Gasteiger partial charge is 0.453 e. The van der Waals surface area contributed by atoms with Gasteiger partial charge in [0, 0.05) is 0 Å². The molecule has 0 atom stereocenters. The lowest BCUT2D eigenvalue weighted by Gasteiger charge is -2.33. The van der Waals surface area contributed by atoms with E-state index in [1.165, 1.54) is 7.11 Å². The number of carbonyl (C=O) groups excluding carboxylic acids is 2. The molecule has 0 unspecified atom stereocenters. The molecule has 0 radical (unpaired) electrons. The second-order valence-electron chi connectivity index (χ2n) is 3.53. The number of ether oxygens (including phenoxy) is 1. The maximum atomic E-state index is 11.3. The van der Waals surface area contributed by atoms with Gasteiger partial charge >= 0.3 is 6.09 Å². The molecule has 1 fully saturated rings. The molecule has 14 heavy (non-hydrogen) atoms. The van der Waals surface area contributed by atoms with Crippen LogP contribution in [0, 0.1) is 0 Å². The highest BCUT2D eigenvalue weighted by Gasteiger charge is 2.40. The highest BCUT2D eigenvalue weighted by atomic mass is 35.5. The Morgan fingerprint density at radius 2 is 1.86 bits per heavy atom. The van der Waals surface area contributed by atoms with E-state index in [1.807, 2.05) is 0 Å². The fourth-order valence-electron chi connectivity index (χ4n) is 1.77. The second-order valence-corrected chi connectivity index (χ2v) is 3.88. The van der Waals surface area contributed by atoms with Crippen LogP contribution in [0.15, 0.2) is 0 Å². The van der Waals surface area contributed by atoms with Crippen LogP contribution in [-0.4, -0.2) is 24.0 Å². The van der Waals surface area contributed by atoms with E-state index >= 15 is 0 Å². The van der Waals surface area contributed by atoms with Crippen molar-refractivity contribution in [1.82, 2.24) is 5.32 Å². The minimum absolute atomic E-state index is 0.498. The van der Waals surface area contributed by atoms with E-state index in [0.717, 1.165) is 19.3 Å². The fraction of sp³-hybridized carbons (Fsp3) is 0.778. The van der Waals surface area contributed by atoms with Gasteiger partial charge in [-0.05, 0) is 24.4 Å². The number of carbonyl (C=O) groups is 2. The Balaban J connectivity index is 2.70. The van der Waals surface area contributed by atoms with Crippen LogP contribution in [0.1, 0.15) is 32.1 Å². The average molecular weight is 220 g/mol. The van der Waals surface area contributed by atoms with Crippen molar-refractivity contribution in [3.8, 4) is 0 Å². The Bertz CT molecular complexity index is 236. The van der Waals surface area contributed by atoms with Gasteiger partial charge in [-0.3, -0.25) is 4.79 Å². The van der Waals surface area contributed by atoms with E-state index in [-0.39, 0.29) is 0 Å². The second kappa shape index (κ2) is 4.64. The van der Waals surface area contributed by atoms with E-state index in [2.05, 4.69) is 10.1 Å². The van der Waals surface area contributed by atoms with Crippen LogP contribution in [0.5, 0.6) is 0 Å². The van der Waals surface area contributed by atoms with Gasteiger partial charge in [0.05, 0.1) is 7.11 Å². The Hall–Kier alpha value is -0.770. The number of nitrogens with one attached hydrogen (secondary N) is 1. The fourth-order valence-corrected chi connectivity index (χ4v) is 2.01. The first-order chi connectivity index (χ1) is 6.60. The van der Waals surface area contributed by atoms with Crippen molar-refractivity contribution in [2.75, 3.05) is 7.11 Å². The van der Waals surface area contributed by atoms with Crippen molar-refractivity contribution in [1.29, 1.82) is 0 Å². The molecule has 0 bridgehead atoms. The molecule has 5 heteroatoms. The summed E-state index contributed by atoms with van der Waals surface area (Å²) in [6.07, 6.45) is 3.50. The molecule has 0 aromatic rings. The number of halogens is 1. The van der Waals surface area contributed by atoms with Gasteiger partial charge in [0.2, 0.25) is 5.24 Å². The molecular formula is C9H14ClNO3. The molecule has 0 aromatic carbocycles. The SMILES string of the molecule is COC(=O)NC1(C(=O)Cl)CCCCC1. The number of hydrogen-bond donors (Lipinski definition) is 1. The van der Waals surface area contributed by atoms with E-state index < -0.39 is 16.9 Å². The lowest BCUT2D eigenvalue weighted by atomic mass is 9.83. The van der Waals surface area contributed by atoms with Crippen molar-refractivity contribution < 1.29 is 14.3 Å². The van der Waals surface area contributed by atoms with E-state index in [0.29, 0.717) is 12.8 Å². The minimum atomic E-state index is -0.896. The van der Waals surface area contributed by atoms with Gasteiger partial charge in [0.1, 0.15) is 5.54 Å². The summed E-state index contributed by atoms with van der Waals surface area (Å²) in [7, 11) is 1.27. The third kappa shape index (κ3) is 2.38. The molecule has 1 rings (SSSR count). The standard InChI is InChI=1S/C9H14ClNO3/c1-14-8(13)11-9(7(10)12)5-3-2-4-6-9/h2-6H2,1H3,(H,11,13). The Morgan fingerprint density at radius 1 is 1.29 bits per heavy atom. The smallest absolute Gasteiger partial charge is 0.407 e. The summed E-state index contributed by atoms with van der Waals surface area (Å²) in [6.45, 7) is 0. The van der Waals surface area contributed by atoms with Crippen LogP contribution in [0.25, 0.3) is 0 Å². The van der Waals surface area contributed by atoms with Crippen molar-refractivity contribution >= 4 is 22.9 Å². The molecule has 1 aliphatic carbocycles. The maximum Gasteiger partial charge on any atom is 0.407 e. The van der Waals surface area contributed by atoms with Gasteiger partial charge in [-0.25, -0.2) is 4.79 Å². The average Bonchev–Trinajstić information content (AvgIpc) is 2.19. The molecule has 80 valence electrons. The van der Waals surface area contributed by atoms with E-state index in [1.54, 1.807) is 0 Å². The molecule has 1 saturated carbocycles. The highest BCUT2D eigenvalue weighted by molar-refractivity contribution is 6.65. The van der Waals surface area contributed by atoms with Gasteiger partial charge in [0.15, 0.2) is 0 Å². The van der Waals surface area contributed by atoms with Gasteiger partial charge in [0.25, 0.3) is 0 Å². The summed E-state index contributed by atoms with van der Waals surface area (Å²) in [4.78, 5) is 22.3. The number of methoxy groups -OCH3 is 1. The predicted molar refractivity (Wildman–Crippen MR) is 52.2 cm³/mol. The third-order valence-electron chi connectivity index (χ3n) is 2.61. The lowest BCUT2D eigenvalue weighted by Crippen LogP contribution is -2.53. The minimum Gasteiger partial charge on any atom is -0.453 e. The van der Waals surface area contributed by atoms with Crippen molar-refractivity contribution in [3.05, 3.63) is 0 Å². The van der Waals surface area contributed by atoms with Crippen LogP contribution in [0.2, 0.25) is 0 Å². The first kappa shape index (κ1) is 11.3. The Labute approximate surface area is 87.9 Å². The van der Waals surface area contributed by atoms with Crippen LogP contribution in [-0.2, 0) is 9.53 Å². The Morgan fingerprint density at radius 3 is 2.29 bits per heavy atom. The maximum absolute atomic E-state index is 11.3. The van der Waals surface area contributed by atoms with Gasteiger partial charge in [-0.1, -0.05) is 19.3 Å². The summed E-state index contributed by atoms with van der Waals surface area (Å²) in [5, 5.41) is 2.04. The Kier molecular flexibility index (Phi) is 3.75. The number of amides is 1. The number of hydrogen-bond acceptors (Lipinski definition) is 3. The van der Waals surface area contributed by atoms with Crippen molar-refractivity contribution in [3.63, 3.8) is 0 Å². The molecule has 0 heterocycles. The first-order valence-corrected chi connectivity index (χ1v) is 5.04. The summed E-state index contributed by atoms with van der Waals surface area (Å²) in [6, 6.07) is 0. The van der Waals surface area contributed by atoms with Crippen LogP contribution in [0.4, 0.5) is 4.79 Å². The van der Waals surface area contributed by atoms with Crippen LogP contribution < -0.4 is 5.32 Å². The lowest BCUT2D eigenvalue weighted by molar-refractivity contribution is -0.118. The summed E-state index contributed by atoms with van der Waals surface area (Å²) < 4.78 is 4.47. The predicted octanol–water partition coefficient (Wildman–Crippen LogP) is 1.81. The number of rotatable bonds is 2. The molecule has 1 aliphatic rings. The first-order valence-electron chi connectivity index (χ1n) is 4.67. The van der Waals surface area contributed by atoms with Crippen molar-refractivity contribution in [2.45, 2.75) is 37.6 Å². The molecule has 1 amide bonds. The summed E-state index contributed by atoms with van der Waals surface area (Å²) in [5.41, 5.74) is -0.896. The van der Waals surface area contributed by atoms with E-state index in [9.17, 15) is 9.59 Å². The molecule has 0 spiro atoms. The molecule has 0 aromatic heterocycles. The zero-order chi connectivity index (χ0) is 10.6. The van der Waals surface area contributed by atoms with Crippen molar-refractivity contribution in [2.24, 2.45) is 0 Å². The van der Waals surface area contributed by atoms with Crippen LogP contribution >= 0.6 is 11.6 Å². The monoisotopic (exact) mass is 219 g/mol.